The first-order valence-corrected chi connectivity index (χ1v) is 3.52. The van der Waals surface area contributed by atoms with Gasteiger partial charge in [-0.15, -0.1) is 0 Å². The van der Waals surface area contributed by atoms with Crippen LogP contribution in [0.1, 0.15) is 0 Å². The first kappa shape index (κ1) is 7.53. The van der Waals surface area contributed by atoms with Crippen molar-refractivity contribution in [1.82, 2.24) is 15.0 Å². The first-order valence-electron chi connectivity index (χ1n) is 3.52. The lowest BCUT2D eigenvalue weighted by Crippen LogP contribution is -2.25. The molecule has 2 heterocycles. The van der Waals surface area contributed by atoms with Gasteiger partial charge in [-0.05, 0) is 6.07 Å². The summed E-state index contributed by atoms with van der Waals surface area (Å²) in [4.78, 5) is 39.6. The molecule has 0 atom stereocenters. The van der Waals surface area contributed by atoms with Crippen LogP contribution < -0.4 is 16.8 Å². The summed E-state index contributed by atoms with van der Waals surface area (Å²) in [5, 5.41) is 0.170. The van der Waals surface area contributed by atoms with E-state index in [9.17, 15) is 14.4 Å². The summed E-state index contributed by atoms with van der Waals surface area (Å²) in [6.45, 7) is 0. The molecule has 2 rings (SSSR count). The molecule has 0 saturated carbocycles. The van der Waals surface area contributed by atoms with Gasteiger partial charge in [-0.25, -0.2) is 4.79 Å². The van der Waals surface area contributed by atoms with E-state index in [2.05, 4.69) is 9.97 Å². The van der Waals surface area contributed by atoms with Crippen LogP contribution in [0.5, 0.6) is 0 Å². The van der Waals surface area contributed by atoms with E-state index < -0.39 is 16.8 Å². The smallest absolute Gasteiger partial charge is 0.326 e. The van der Waals surface area contributed by atoms with Crippen molar-refractivity contribution in [2.75, 3.05) is 0 Å². The van der Waals surface area contributed by atoms with Crippen LogP contribution in [0, 0.1) is 0 Å². The quantitative estimate of drug-likeness (QED) is 0.479. The van der Waals surface area contributed by atoms with Crippen molar-refractivity contribution in [3.8, 4) is 0 Å². The second-order valence-electron chi connectivity index (χ2n) is 2.50. The SMILES string of the molecule is O=c1[nH]c(=O)c2cc[nH]c(=O)c2[nH]1. The van der Waals surface area contributed by atoms with Crippen molar-refractivity contribution in [3.63, 3.8) is 0 Å². The van der Waals surface area contributed by atoms with Gasteiger partial charge in [0.1, 0.15) is 5.52 Å². The Labute approximate surface area is 70.3 Å². The van der Waals surface area contributed by atoms with Gasteiger partial charge < -0.3 is 9.97 Å². The molecule has 0 aromatic carbocycles. The maximum Gasteiger partial charge on any atom is 0.326 e. The molecule has 6 nitrogen and oxygen atoms in total. The molecule has 0 amide bonds. The van der Waals surface area contributed by atoms with Gasteiger partial charge in [0.2, 0.25) is 0 Å². The fourth-order valence-electron chi connectivity index (χ4n) is 1.11. The summed E-state index contributed by atoms with van der Waals surface area (Å²) in [5.41, 5.74) is -1.74. The summed E-state index contributed by atoms with van der Waals surface area (Å²) in [5.74, 6) is 0. The van der Waals surface area contributed by atoms with Gasteiger partial charge in [0.25, 0.3) is 11.1 Å². The lowest BCUT2D eigenvalue weighted by atomic mass is 10.3. The summed E-state index contributed by atoms with van der Waals surface area (Å²) < 4.78 is 0. The maximum absolute atomic E-state index is 11.1. The van der Waals surface area contributed by atoms with E-state index in [1.165, 1.54) is 12.3 Å². The molecule has 0 fully saturated rings. The molecule has 66 valence electrons. The van der Waals surface area contributed by atoms with Crippen LogP contribution in [0.15, 0.2) is 26.6 Å². The van der Waals surface area contributed by atoms with Crippen LogP contribution in [-0.4, -0.2) is 15.0 Å². The summed E-state index contributed by atoms with van der Waals surface area (Å²) >= 11 is 0. The number of pyridine rings is 1. The topological polar surface area (TPSA) is 98.6 Å². The van der Waals surface area contributed by atoms with Crippen LogP contribution in [-0.2, 0) is 0 Å². The highest BCUT2D eigenvalue weighted by molar-refractivity contribution is 5.75. The zero-order valence-corrected chi connectivity index (χ0v) is 6.38. The minimum atomic E-state index is -0.686. The molecule has 0 unspecified atom stereocenters. The molecule has 3 N–H and O–H groups in total. The maximum atomic E-state index is 11.1. The minimum Gasteiger partial charge on any atom is -0.327 e. The molecule has 0 aliphatic rings. The number of nitrogens with one attached hydrogen (secondary N) is 3. The third-order valence-corrected chi connectivity index (χ3v) is 1.67. The molecule has 6 heteroatoms. The average molecular weight is 179 g/mol. The minimum absolute atomic E-state index is 0.00347. The molecule has 0 saturated heterocycles. The molecular weight excluding hydrogens is 174 g/mol. The van der Waals surface area contributed by atoms with Crippen LogP contribution in [0.4, 0.5) is 0 Å². The molecular formula is C7H5N3O3. The highest BCUT2D eigenvalue weighted by atomic mass is 16.2. The summed E-state index contributed by atoms with van der Waals surface area (Å²) in [6.07, 6.45) is 1.35. The van der Waals surface area contributed by atoms with E-state index >= 15 is 0 Å². The molecule has 0 aliphatic carbocycles. The largest absolute Gasteiger partial charge is 0.327 e. The predicted molar refractivity (Wildman–Crippen MR) is 45.8 cm³/mol. The highest BCUT2D eigenvalue weighted by Crippen LogP contribution is 1.93. The summed E-state index contributed by atoms with van der Waals surface area (Å²) in [7, 11) is 0. The van der Waals surface area contributed by atoms with Crippen molar-refractivity contribution in [3.05, 3.63) is 43.5 Å². The Hall–Kier alpha value is -2.11. The van der Waals surface area contributed by atoms with Gasteiger partial charge >= 0.3 is 5.69 Å². The van der Waals surface area contributed by atoms with Gasteiger partial charge in [0.15, 0.2) is 0 Å². The molecule has 13 heavy (non-hydrogen) atoms. The Kier molecular flexibility index (Phi) is 1.42. The van der Waals surface area contributed by atoms with Crippen LogP contribution in [0.2, 0.25) is 0 Å². The molecule has 2 aromatic heterocycles. The fourth-order valence-corrected chi connectivity index (χ4v) is 1.11. The molecule has 2 aromatic rings. The van der Waals surface area contributed by atoms with Crippen LogP contribution in [0.25, 0.3) is 10.9 Å². The van der Waals surface area contributed by atoms with E-state index in [4.69, 9.17) is 0 Å². The Balaban J connectivity index is 3.22. The van der Waals surface area contributed by atoms with E-state index in [-0.39, 0.29) is 10.9 Å². The summed E-state index contributed by atoms with van der Waals surface area (Å²) in [6, 6.07) is 1.42. The van der Waals surface area contributed by atoms with Crippen LogP contribution >= 0.6 is 0 Å². The van der Waals surface area contributed by atoms with Gasteiger partial charge in [-0.2, -0.15) is 0 Å². The third kappa shape index (κ3) is 1.08. The number of rotatable bonds is 0. The standard InChI is InChI=1S/C7H5N3O3/c11-5-3-1-2-8-6(12)4(3)9-7(13)10-5/h1-2H,(H,8,12)(H2,9,10,11,13). The van der Waals surface area contributed by atoms with Gasteiger partial charge in [0.05, 0.1) is 5.39 Å². The van der Waals surface area contributed by atoms with Crippen molar-refractivity contribution in [1.29, 1.82) is 0 Å². The normalized spacial score (nSPS) is 10.5. The second-order valence-corrected chi connectivity index (χ2v) is 2.50. The van der Waals surface area contributed by atoms with Crippen molar-refractivity contribution in [2.45, 2.75) is 0 Å². The van der Waals surface area contributed by atoms with Crippen molar-refractivity contribution < 1.29 is 0 Å². The van der Waals surface area contributed by atoms with E-state index in [1.54, 1.807) is 0 Å². The monoisotopic (exact) mass is 179 g/mol. The zero-order chi connectivity index (χ0) is 9.42. The van der Waals surface area contributed by atoms with Gasteiger partial charge in [-0.3, -0.25) is 14.6 Å². The number of fused-ring (bicyclic) bond motifs is 1. The Morgan fingerprint density at radius 1 is 1.00 bits per heavy atom. The molecule has 0 spiro atoms. The van der Waals surface area contributed by atoms with Crippen molar-refractivity contribution >= 4 is 10.9 Å². The second kappa shape index (κ2) is 2.44. The first-order chi connectivity index (χ1) is 6.18. The zero-order valence-electron chi connectivity index (χ0n) is 6.38. The van der Waals surface area contributed by atoms with Crippen LogP contribution in [0.3, 0.4) is 0 Å². The third-order valence-electron chi connectivity index (χ3n) is 1.67. The van der Waals surface area contributed by atoms with E-state index in [0.29, 0.717) is 0 Å². The number of aromatic nitrogens is 3. The lowest BCUT2D eigenvalue weighted by molar-refractivity contribution is 1.06. The molecule has 0 aliphatic heterocycles. The average Bonchev–Trinajstić information content (AvgIpc) is 2.07. The number of hydrogen-bond donors (Lipinski definition) is 3. The number of H-pyrrole nitrogens is 3. The van der Waals surface area contributed by atoms with E-state index in [0.717, 1.165) is 0 Å². The molecule has 0 bridgehead atoms. The highest BCUT2D eigenvalue weighted by Gasteiger charge is 2.01. The van der Waals surface area contributed by atoms with Gasteiger partial charge in [-0.1, -0.05) is 0 Å². The number of hydrogen-bond acceptors (Lipinski definition) is 3. The van der Waals surface area contributed by atoms with Crippen molar-refractivity contribution in [2.24, 2.45) is 0 Å². The Bertz CT molecular complexity index is 619. The number of aromatic amines is 3. The molecule has 0 radical (unpaired) electrons. The predicted octanol–water partition coefficient (Wildman–Crippen LogP) is -1.10. The fraction of sp³-hybridized carbons (Fsp3) is 0. The van der Waals surface area contributed by atoms with Gasteiger partial charge in [0, 0.05) is 6.20 Å². The lowest BCUT2D eigenvalue weighted by Gasteiger charge is -1.92. The van der Waals surface area contributed by atoms with E-state index in [1.807, 2.05) is 4.98 Å². The Morgan fingerprint density at radius 3 is 2.54 bits per heavy atom. The Morgan fingerprint density at radius 2 is 1.77 bits per heavy atom.